The first-order valence-electron chi connectivity index (χ1n) is 9.84. The molecule has 1 saturated heterocycles. The van der Waals surface area contributed by atoms with Crippen LogP contribution < -0.4 is 11.1 Å². The van der Waals surface area contributed by atoms with Crippen LogP contribution in [0, 0.1) is 6.92 Å². The molecule has 3 aromatic rings. The molecule has 0 radical (unpaired) electrons. The molecule has 2 aliphatic heterocycles. The minimum Gasteiger partial charge on any atom is -0.397 e. The zero-order chi connectivity index (χ0) is 21.7. The van der Waals surface area contributed by atoms with E-state index in [1.807, 2.05) is 13.0 Å². The number of carbonyl (C=O) groups is 3. The molecule has 2 aliphatic rings. The van der Waals surface area contributed by atoms with Crippen LogP contribution in [0.5, 0.6) is 0 Å². The highest BCUT2D eigenvalue weighted by atomic mass is 16.2. The first-order valence-corrected chi connectivity index (χ1v) is 9.84. The third-order valence-electron chi connectivity index (χ3n) is 5.68. The molecular weight excluding hydrogens is 398 g/mol. The van der Waals surface area contributed by atoms with E-state index in [4.69, 9.17) is 5.73 Å². The Labute approximate surface area is 177 Å². The summed E-state index contributed by atoms with van der Waals surface area (Å²) in [7, 11) is 0. The van der Waals surface area contributed by atoms with E-state index < -0.39 is 11.9 Å². The number of benzene rings is 1. The molecule has 1 unspecified atom stereocenters. The number of nitrogens with one attached hydrogen (secondary N) is 1. The average molecular weight is 417 g/mol. The fraction of sp³-hybridized carbons (Fsp3) is 0.238. The lowest BCUT2D eigenvalue weighted by Gasteiger charge is -2.29. The van der Waals surface area contributed by atoms with E-state index in [1.165, 1.54) is 4.90 Å². The Morgan fingerprint density at radius 3 is 2.84 bits per heavy atom. The van der Waals surface area contributed by atoms with Gasteiger partial charge in [0.15, 0.2) is 0 Å². The number of nitrogens with zero attached hydrogens (tertiary/aromatic N) is 5. The van der Waals surface area contributed by atoms with E-state index in [0.717, 1.165) is 16.8 Å². The predicted molar refractivity (Wildman–Crippen MR) is 110 cm³/mol. The lowest BCUT2D eigenvalue weighted by molar-refractivity contribution is -0.136. The molecule has 31 heavy (non-hydrogen) atoms. The highest BCUT2D eigenvalue weighted by Gasteiger charge is 2.40. The number of fused-ring (bicyclic) bond motifs is 1. The van der Waals surface area contributed by atoms with Crippen LogP contribution in [0.4, 0.5) is 5.69 Å². The summed E-state index contributed by atoms with van der Waals surface area (Å²) in [6.07, 6.45) is 3.87. The minimum absolute atomic E-state index is 0.212. The van der Waals surface area contributed by atoms with Crippen molar-refractivity contribution in [3.8, 4) is 16.9 Å². The van der Waals surface area contributed by atoms with Gasteiger partial charge in [0.1, 0.15) is 11.7 Å². The van der Waals surface area contributed by atoms with Gasteiger partial charge in [0.05, 0.1) is 23.8 Å². The molecule has 0 bridgehead atoms. The van der Waals surface area contributed by atoms with E-state index in [1.54, 1.807) is 35.3 Å². The maximum atomic E-state index is 13.0. The fourth-order valence-corrected chi connectivity index (χ4v) is 4.10. The Hall–Kier alpha value is -4.08. The van der Waals surface area contributed by atoms with Gasteiger partial charge in [-0.25, -0.2) is 4.68 Å². The van der Waals surface area contributed by atoms with Crippen molar-refractivity contribution < 1.29 is 14.4 Å². The number of nitrogens with two attached hydrogens (primary N) is 1. The van der Waals surface area contributed by atoms with Crippen LogP contribution in [0.1, 0.15) is 34.5 Å². The van der Waals surface area contributed by atoms with Gasteiger partial charge < -0.3 is 10.6 Å². The molecule has 3 N–H and O–H groups in total. The van der Waals surface area contributed by atoms with Gasteiger partial charge in [0, 0.05) is 35.3 Å². The number of hydrogen-bond acceptors (Lipinski definition) is 7. The second kappa shape index (κ2) is 7.01. The van der Waals surface area contributed by atoms with Gasteiger partial charge in [-0.15, -0.1) is 5.10 Å². The van der Waals surface area contributed by atoms with Crippen LogP contribution in [-0.2, 0) is 16.1 Å². The molecule has 0 aliphatic carbocycles. The molecule has 0 saturated carbocycles. The summed E-state index contributed by atoms with van der Waals surface area (Å²) in [5, 5.41) is 10.8. The summed E-state index contributed by atoms with van der Waals surface area (Å²) >= 11 is 0. The second-order valence-electron chi connectivity index (χ2n) is 7.65. The van der Waals surface area contributed by atoms with Crippen molar-refractivity contribution in [2.45, 2.75) is 32.4 Å². The zero-order valence-corrected chi connectivity index (χ0v) is 16.7. The summed E-state index contributed by atoms with van der Waals surface area (Å²) in [5.41, 5.74) is 10.5. The van der Waals surface area contributed by atoms with Crippen molar-refractivity contribution in [3.05, 3.63) is 53.5 Å². The normalized spacial score (nSPS) is 18.3. The molecule has 1 aromatic carbocycles. The third kappa shape index (κ3) is 3.12. The SMILES string of the molecule is Cc1ncc(N)cc1-c1cn(-c2cccc3c2CN(C2CCC(=O)NC2=O)C3=O)nn1. The number of imide groups is 1. The smallest absolute Gasteiger partial charge is 0.255 e. The maximum absolute atomic E-state index is 13.0. The summed E-state index contributed by atoms with van der Waals surface area (Å²) < 4.78 is 1.61. The van der Waals surface area contributed by atoms with Crippen LogP contribution in [-0.4, -0.2) is 48.6 Å². The number of amides is 3. The number of rotatable bonds is 3. The molecule has 10 heteroatoms. The monoisotopic (exact) mass is 417 g/mol. The Kier molecular flexibility index (Phi) is 4.28. The molecular formula is C21H19N7O3. The molecule has 2 aromatic heterocycles. The number of aryl methyl sites for hydroxylation is 1. The van der Waals surface area contributed by atoms with Crippen molar-refractivity contribution in [2.24, 2.45) is 0 Å². The molecule has 1 fully saturated rings. The third-order valence-corrected chi connectivity index (χ3v) is 5.68. The largest absolute Gasteiger partial charge is 0.397 e. The summed E-state index contributed by atoms with van der Waals surface area (Å²) in [5.74, 6) is -0.984. The van der Waals surface area contributed by atoms with Crippen LogP contribution in [0.3, 0.4) is 0 Å². The van der Waals surface area contributed by atoms with E-state index in [-0.39, 0.29) is 24.8 Å². The highest BCUT2D eigenvalue weighted by Crippen LogP contribution is 2.32. The van der Waals surface area contributed by atoms with Gasteiger partial charge >= 0.3 is 0 Å². The number of carbonyl (C=O) groups excluding carboxylic acids is 3. The van der Waals surface area contributed by atoms with E-state index in [2.05, 4.69) is 20.6 Å². The molecule has 1 atom stereocenters. The predicted octanol–water partition coefficient (Wildman–Crippen LogP) is 0.981. The van der Waals surface area contributed by atoms with Crippen molar-refractivity contribution >= 4 is 23.4 Å². The number of anilines is 1. The Balaban J connectivity index is 1.49. The Bertz CT molecular complexity index is 1250. The molecule has 0 spiro atoms. The van der Waals surface area contributed by atoms with Crippen molar-refractivity contribution in [2.75, 3.05) is 5.73 Å². The number of aromatic nitrogens is 4. The van der Waals surface area contributed by atoms with Crippen molar-refractivity contribution in [3.63, 3.8) is 0 Å². The topological polar surface area (TPSA) is 136 Å². The van der Waals surface area contributed by atoms with Crippen LogP contribution in [0.25, 0.3) is 16.9 Å². The Morgan fingerprint density at radius 1 is 1.19 bits per heavy atom. The standard InChI is InChI=1S/C21H19N7O3/c1-11-14(7-12(22)8-23-11)16-10-28(26-25-16)17-4-2-3-13-15(17)9-27(21(13)31)18-5-6-19(29)24-20(18)30/h2-4,7-8,10,18H,5-6,9,22H2,1H3,(H,24,29,30). The lowest BCUT2D eigenvalue weighted by Crippen LogP contribution is -2.52. The van der Waals surface area contributed by atoms with Gasteiger partial charge in [-0.2, -0.15) is 0 Å². The van der Waals surface area contributed by atoms with Gasteiger partial charge in [-0.05, 0) is 31.5 Å². The van der Waals surface area contributed by atoms with Crippen molar-refractivity contribution in [1.29, 1.82) is 0 Å². The van der Waals surface area contributed by atoms with Gasteiger partial charge in [-0.3, -0.25) is 24.7 Å². The van der Waals surface area contributed by atoms with Crippen LogP contribution in [0.2, 0.25) is 0 Å². The number of nitrogen functional groups attached to an aromatic ring is 1. The van der Waals surface area contributed by atoms with E-state index >= 15 is 0 Å². The van der Waals surface area contributed by atoms with Crippen molar-refractivity contribution in [1.82, 2.24) is 30.2 Å². The molecule has 156 valence electrons. The number of hydrogen-bond donors (Lipinski definition) is 2. The Morgan fingerprint density at radius 2 is 2.03 bits per heavy atom. The number of pyridine rings is 1. The second-order valence-corrected chi connectivity index (χ2v) is 7.65. The summed E-state index contributed by atoms with van der Waals surface area (Å²) in [6, 6.07) is 6.48. The molecule has 10 nitrogen and oxygen atoms in total. The fourth-order valence-electron chi connectivity index (χ4n) is 4.10. The zero-order valence-electron chi connectivity index (χ0n) is 16.7. The first-order chi connectivity index (χ1) is 14.9. The summed E-state index contributed by atoms with van der Waals surface area (Å²) in [6.45, 7) is 2.12. The van der Waals surface area contributed by atoms with Crippen LogP contribution >= 0.6 is 0 Å². The van der Waals surface area contributed by atoms with Crippen LogP contribution in [0.15, 0.2) is 36.7 Å². The quantitative estimate of drug-likeness (QED) is 0.606. The van der Waals surface area contributed by atoms with Gasteiger partial charge in [-0.1, -0.05) is 11.3 Å². The van der Waals surface area contributed by atoms with E-state index in [0.29, 0.717) is 29.1 Å². The maximum Gasteiger partial charge on any atom is 0.255 e. The number of piperidine rings is 1. The highest BCUT2D eigenvalue weighted by molar-refractivity contribution is 6.05. The minimum atomic E-state index is -0.669. The lowest BCUT2D eigenvalue weighted by atomic mass is 10.0. The first kappa shape index (κ1) is 18.9. The van der Waals surface area contributed by atoms with E-state index in [9.17, 15) is 14.4 Å². The molecule has 5 rings (SSSR count). The molecule has 3 amide bonds. The van der Waals surface area contributed by atoms with Gasteiger partial charge in [0.25, 0.3) is 5.91 Å². The summed E-state index contributed by atoms with van der Waals surface area (Å²) in [4.78, 5) is 42.6. The average Bonchev–Trinajstić information content (AvgIpc) is 3.35. The van der Waals surface area contributed by atoms with Gasteiger partial charge in [0.2, 0.25) is 11.8 Å². The molecule has 4 heterocycles.